The molecule has 31 heteroatoms. The zero-order valence-electron chi connectivity index (χ0n) is 64.9. The maximum atomic E-state index is 12.3. The Hall–Kier alpha value is -2.50. The van der Waals surface area contributed by atoms with E-state index in [-0.39, 0.29) is 131 Å². The Bertz CT molecular complexity index is 2390. The fourth-order valence-corrected chi connectivity index (χ4v) is 14.6. The van der Waals surface area contributed by atoms with Crippen molar-refractivity contribution < 1.29 is 133 Å². The third kappa shape index (κ3) is 32.8. The van der Waals surface area contributed by atoms with E-state index in [1.807, 2.05) is 9.80 Å². The molecule has 7 saturated carbocycles. The summed E-state index contributed by atoms with van der Waals surface area (Å²) in [7, 11) is 7.20. The zero-order chi connectivity index (χ0) is 75.0. The number of alkyl halides is 2. The van der Waals surface area contributed by atoms with Crippen LogP contribution in [0.4, 0.5) is 0 Å². The predicted octanol–water partition coefficient (Wildman–Crippen LogP) is 2.94. The van der Waals surface area contributed by atoms with Crippen molar-refractivity contribution in [2.75, 3.05) is 125 Å². The molecule has 0 aromatic heterocycles. The van der Waals surface area contributed by atoms with Crippen LogP contribution in [0.3, 0.4) is 0 Å². The van der Waals surface area contributed by atoms with Crippen LogP contribution in [-0.2, 0) is 76.3 Å². The molecule has 0 unspecified atom stereocenters. The van der Waals surface area contributed by atoms with E-state index in [0.717, 1.165) is 90.4 Å². The number of amides is 2. The number of aliphatic carboxylic acids is 1. The van der Waals surface area contributed by atoms with E-state index in [9.17, 15) is 43.5 Å². The van der Waals surface area contributed by atoms with Crippen molar-refractivity contribution in [1.82, 2.24) is 29.8 Å². The molecular weight excluding hydrogens is 1470 g/mol. The largest absolute Gasteiger partial charge is 1.00 e. The second-order valence-electron chi connectivity index (χ2n) is 28.7. The average molecular weight is 1590 g/mol. The maximum absolute atomic E-state index is 12.3. The topological polar surface area (TPSA) is 340 Å². The van der Waals surface area contributed by atoms with Crippen molar-refractivity contribution in [3.8, 4) is 0 Å². The number of carbonyl (C=O) groups excluding carboxylic acids is 7. The number of aliphatic hydroxyl groups is 4. The Balaban J connectivity index is 0.00000119. The Morgan fingerprint density at radius 1 is 0.549 bits per heavy atom. The molecule has 3 saturated heterocycles. The normalized spacial score (nSPS) is 22.6. The minimum absolute atomic E-state index is 0. The predicted molar refractivity (Wildman–Crippen MR) is 389 cm³/mol. The van der Waals surface area contributed by atoms with Gasteiger partial charge in [0.25, 0.3) is 0 Å². The number of ether oxygens (including phenoxy) is 8. The molecule has 10 fully saturated rings. The minimum atomic E-state index is -1.71. The molecule has 27 nitrogen and oxygen atoms in total. The Morgan fingerprint density at radius 3 is 1.23 bits per heavy atom. The number of ketones is 1. The minimum Gasteiger partial charge on any atom is -1.00 e. The van der Waals surface area contributed by atoms with Gasteiger partial charge in [0, 0.05) is 172 Å². The van der Waals surface area contributed by atoms with Gasteiger partial charge in [0.2, 0.25) is 11.8 Å². The van der Waals surface area contributed by atoms with E-state index in [4.69, 9.17) is 58.3 Å². The number of halogens is 2. The quantitative estimate of drug-likeness (QED) is 0.0255. The third-order valence-electron chi connectivity index (χ3n) is 19.6. The number of carboxylic acids is 1. The molecule has 0 bridgehead atoms. The number of esters is 4. The molecule has 0 aromatic carbocycles. The first-order chi connectivity index (χ1) is 47.3. The molecule has 0 spiro atoms. The molecule has 3 heterocycles. The summed E-state index contributed by atoms with van der Waals surface area (Å²) in [5, 5.41) is 46.6. The van der Waals surface area contributed by atoms with Crippen molar-refractivity contribution in [3.05, 3.63) is 0 Å². The van der Waals surface area contributed by atoms with E-state index < -0.39 is 58.5 Å². The number of nitrogens with zero attached hydrogens (tertiary/aromatic N) is 5. The van der Waals surface area contributed by atoms with Crippen LogP contribution in [0, 0.1) is 23.2 Å². The van der Waals surface area contributed by atoms with Gasteiger partial charge in [-0.1, -0.05) is 51.1 Å². The van der Waals surface area contributed by atoms with Gasteiger partial charge in [-0.2, -0.15) is 0 Å². The summed E-state index contributed by atoms with van der Waals surface area (Å²) in [5.41, 5.74) is -1.33. The summed E-state index contributed by atoms with van der Waals surface area (Å²) in [6, 6.07) is 2.53. The SMILES string of the molecule is C1CC(N2CCCNCC2)C1.CC(C)OC(=O)CC(=O)OC(C)C.CO.COC(CBr)(CBr)OC.COC1(OC)CC(C(=O)OC(C)C)(C(=O)OC(C)C)C1.O=C(C1CC(O)C1)N1CCCN(C2CCC2)CC1.O=C(O)C1CC(O)(O)C1.O=C1CC(C(=O)N2CCCN(C3CCC3)CC2)C1.[B].[H-].[Na+]. The molecule has 7 aliphatic carbocycles. The zero-order valence-corrected chi connectivity index (χ0v) is 69.1. The van der Waals surface area contributed by atoms with Crippen LogP contribution in [0.25, 0.3) is 0 Å². The average Bonchev–Trinajstić information content (AvgIpc) is 0.989. The van der Waals surface area contributed by atoms with Gasteiger partial charge >= 0.3 is 59.4 Å². The molecule has 102 heavy (non-hydrogen) atoms. The van der Waals surface area contributed by atoms with E-state index in [2.05, 4.69) is 51.9 Å². The Kier molecular flexibility index (Phi) is 47.4. The molecule has 2 amide bonds. The number of nitrogens with one attached hydrogen (secondary N) is 1. The number of carbonyl (C=O) groups is 8. The number of methoxy groups -OCH3 is 4. The van der Waals surface area contributed by atoms with E-state index >= 15 is 0 Å². The number of aliphatic hydroxyl groups excluding tert-OH is 2. The van der Waals surface area contributed by atoms with Crippen molar-refractivity contribution in [3.63, 3.8) is 0 Å². The van der Waals surface area contributed by atoms with Crippen molar-refractivity contribution in [2.45, 2.75) is 256 Å². The first kappa shape index (κ1) is 97.5. The Labute approximate surface area is 650 Å². The van der Waals surface area contributed by atoms with Crippen molar-refractivity contribution in [1.29, 1.82) is 0 Å². The van der Waals surface area contributed by atoms with Crippen LogP contribution in [0.1, 0.15) is 192 Å². The van der Waals surface area contributed by atoms with Gasteiger partial charge in [0.05, 0.1) is 53.0 Å². The van der Waals surface area contributed by atoms with E-state index in [0.29, 0.717) is 36.3 Å². The first-order valence-electron chi connectivity index (χ1n) is 36.3. The molecule has 10 rings (SSSR count). The number of hydrogen-bond donors (Lipinski definition) is 6. The van der Waals surface area contributed by atoms with Gasteiger partial charge in [-0.3, -0.25) is 53.1 Å². The van der Waals surface area contributed by atoms with Crippen LogP contribution in [0.15, 0.2) is 0 Å². The molecule has 0 atom stereocenters. The summed E-state index contributed by atoms with van der Waals surface area (Å²) < 4.78 is 40.5. The van der Waals surface area contributed by atoms with Gasteiger partial charge in [0.1, 0.15) is 12.2 Å². The summed E-state index contributed by atoms with van der Waals surface area (Å²) in [4.78, 5) is 104. The molecule has 3 radical (unpaired) electrons. The van der Waals surface area contributed by atoms with Gasteiger partial charge in [-0.25, -0.2) is 0 Å². The molecular formula is C71H127BBr2N6NaO21. The molecule has 10 aliphatic rings. The Morgan fingerprint density at radius 2 is 0.931 bits per heavy atom. The second kappa shape index (κ2) is 49.5. The fourth-order valence-electron chi connectivity index (χ4n) is 12.7. The molecule has 3 aliphatic heterocycles. The van der Waals surface area contributed by atoms with Crippen LogP contribution in [-0.4, -0.2) is 297 Å². The molecule has 6 N–H and O–H groups in total. The smallest absolute Gasteiger partial charge is 1.00 e. The van der Waals surface area contributed by atoms with Gasteiger partial charge in [0.15, 0.2) is 22.8 Å². The first-order valence-corrected chi connectivity index (χ1v) is 38.5. The van der Waals surface area contributed by atoms with Crippen LogP contribution in [0.2, 0.25) is 0 Å². The number of carboxylic acid groups (broad SMARTS) is 1. The molecule has 0 aromatic rings. The summed E-state index contributed by atoms with van der Waals surface area (Å²) >= 11 is 6.55. The number of rotatable bonds is 20. The monoisotopic (exact) mass is 1590 g/mol. The van der Waals surface area contributed by atoms with Gasteiger partial charge in [-0.15, -0.1) is 0 Å². The van der Waals surface area contributed by atoms with E-state index in [1.54, 1.807) is 69.6 Å². The molecule has 585 valence electrons. The second-order valence-corrected chi connectivity index (χ2v) is 29.8. The fraction of sp³-hybridized carbons (Fsp3) is 0.887. The van der Waals surface area contributed by atoms with Crippen molar-refractivity contribution >= 4 is 87.7 Å². The summed E-state index contributed by atoms with van der Waals surface area (Å²) in [5.74, 6) is -6.00. The van der Waals surface area contributed by atoms with Crippen LogP contribution < -0.4 is 34.9 Å². The van der Waals surface area contributed by atoms with Crippen LogP contribution in [0.5, 0.6) is 0 Å². The third-order valence-corrected chi connectivity index (χ3v) is 21.3. The van der Waals surface area contributed by atoms with Gasteiger partial charge < -0.3 is 80.0 Å². The van der Waals surface area contributed by atoms with Crippen molar-refractivity contribution in [2.24, 2.45) is 23.2 Å². The van der Waals surface area contributed by atoms with Gasteiger partial charge in [-0.05, 0) is 139 Å². The summed E-state index contributed by atoms with van der Waals surface area (Å²) in [6.45, 7) is 26.8. The standard InChI is InChI=1S/C14H24N2O2.C14H22N2O2.C14H24O6.C9H18N2.C9H16O4.C5H10Br2O2.C5H8O4.CH4O.B.Na.H/c2*17-13-9-11(10-13)14(18)16-6-2-5-15(7-8-16)12-3-1-4-12;1-9(2)19-11(15)13(12(16)20-10(3)4)7-14(8-13,17-5)18-6;1-3-9(4-1)11-7-2-5-10-6-8-11;1-6(2)12-8(10)5-9(11)13-7(3)4;1-8-5(3-6,4-7)9-2;6-4(7)3-1-5(8,9)2-3;1-2;;;/h11-13,17H,1-10H2;11-12H,1-10H2;9-10H,7-8H2,1-6H3;9-10H,1-8H2;6-7H,5H2,1-4H3;3-4H2,1-2H3;3,8-9H,1-2H2,(H,6,7);2H,1H3;;;/q;;;;;;;;;+1;-1. The maximum Gasteiger partial charge on any atom is 1.00 e. The number of Topliss-reactive ketones (excluding diaryl/α,β-unsaturated/α-hetero) is 1. The van der Waals surface area contributed by atoms with Crippen LogP contribution >= 0.6 is 31.9 Å². The van der Waals surface area contributed by atoms with E-state index in [1.165, 1.54) is 105 Å². The number of hydrogen-bond acceptors (Lipinski definition) is 24. The summed E-state index contributed by atoms with van der Waals surface area (Å²) in [6.07, 6.45) is 17.0.